The Bertz CT molecular complexity index is 521. The highest BCUT2D eigenvalue weighted by Crippen LogP contribution is 2.28. The molecular weight excluding hydrogens is 392 g/mol. The molecule has 2 unspecified atom stereocenters. The molecule has 0 saturated carbocycles. The number of rotatable bonds is 13. The Morgan fingerprint density at radius 2 is 1.04 bits per heavy atom. The van der Waals surface area contributed by atoms with E-state index in [0.29, 0.717) is 36.4 Å². The second-order valence-corrected chi connectivity index (χ2v) is 16.6. The van der Waals surface area contributed by atoms with Gasteiger partial charge in [0.1, 0.15) is 0 Å². The topological polar surface area (TPSA) is 71.1 Å². The first-order valence-corrected chi connectivity index (χ1v) is 16.1. The molecule has 0 spiro atoms. The third-order valence-electron chi connectivity index (χ3n) is 4.35. The van der Waals surface area contributed by atoms with Gasteiger partial charge in [-0.1, -0.05) is 27.0 Å². The second-order valence-electron chi connectivity index (χ2n) is 8.39. The van der Waals surface area contributed by atoms with E-state index in [0.717, 1.165) is 0 Å². The Kier molecular flexibility index (Phi) is 11.2. The van der Waals surface area contributed by atoms with Crippen molar-refractivity contribution in [1.29, 1.82) is 0 Å². The van der Waals surface area contributed by atoms with Crippen LogP contribution in [-0.2, 0) is 28.2 Å². The third kappa shape index (κ3) is 9.81. The molecule has 0 N–H and O–H groups in total. The highest BCUT2D eigenvalue weighted by atomic mass is 28.4. The second kappa shape index (κ2) is 11.7. The van der Waals surface area contributed by atoms with Gasteiger partial charge in [0, 0.05) is 11.1 Å². The number of ether oxygens (including phenoxy) is 2. The minimum absolute atomic E-state index is 0.0448. The van der Waals surface area contributed by atoms with Gasteiger partial charge in [-0.2, -0.15) is 0 Å². The van der Waals surface area contributed by atoms with E-state index in [1.165, 1.54) is 0 Å². The van der Waals surface area contributed by atoms with Crippen molar-refractivity contribution in [3.05, 3.63) is 24.3 Å². The molecule has 0 amide bonds. The Morgan fingerprint density at radius 3 is 1.29 bits per heavy atom. The van der Waals surface area contributed by atoms with Crippen LogP contribution in [0.15, 0.2) is 24.3 Å². The average molecular weight is 431 g/mol. The molecule has 0 rings (SSSR count). The van der Waals surface area contributed by atoms with E-state index in [1.54, 1.807) is 13.8 Å². The molecule has 0 aliphatic carbocycles. The summed E-state index contributed by atoms with van der Waals surface area (Å²) < 4.78 is 21.9. The standard InChI is InChI=1S/C20H38O6Si2/c1-11-23-19(21)17(5)15(3)13-27(7,8)25-26-28(9,10)14-16(4)18(6)20(22)24-12-2/h15-16H,5-6,11-14H2,1-4,7-10H3. The van der Waals surface area contributed by atoms with Gasteiger partial charge in [-0.15, -0.1) is 0 Å². The van der Waals surface area contributed by atoms with E-state index in [1.807, 2.05) is 40.0 Å². The predicted octanol–water partition coefficient (Wildman–Crippen LogP) is 4.86. The maximum absolute atomic E-state index is 11.9. The van der Waals surface area contributed by atoms with Crippen LogP contribution in [0.4, 0.5) is 0 Å². The molecule has 0 aromatic rings. The van der Waals surface area contributed by atoms with Crippen LogP contribution in [0.1, 0.15) is 27.7 Å². The SMILES string of the molecule is C=C(C(=O)OCC)C(C)C[Si](C)(C)OO[Si](C)(C)CC(C)C(=C)C(=O)OCC. The molecule has 162 valence electrons. The van der Waals surface area contributed by atoms with Gasteiger partial charge < -0.3 is 9.47 Å². The van der Waals surface area contributed by atoms with Crippen LogP contribution in [0.3, 0.4) is 0 Å². The van der Waals surface area contributed by atoms with Crippen molar-refractivity contribution in [3.63, 3.8) is 0 Å². The van der Waals surface area contributed by atoms with Crippen LogP contribution >= 0.6 is 0 Å². The fourth-order valence-electron chi connectivity index (χ4n) is 2.86. The lowest BCUT2D eigenvalue weighted by Crippen LogP contribution is -2.41. The summed E-state index contributed by atoms with van der Waals surface area (Å²) in [5.74, 6) is -0.809. The number of carbonyl (C=O) groups is 2. The molecule has 0 saturated heterocycles. The highest BCUT2D eigenvalue weighted by molar-refractivity contribution is 6.74. The zero-order valence-electron chi connectivity index (χ0n) is 18.8. The lowest BCUT2D eigenvalue weighted by Gasteiger charge is -2.31. The normalized spacial score (nSPS) is 14.1. The van der Waals surface area contributed by atoms with Gasteiger partial charge >= 0.3 is 11.9 Å². The van der Waals surface area contributed by atoms with Gasteiger partial charge in [0.2, 0.25) is 16.6 Å². The summed E-state index contributed by atoms with van der Waals surface area (Å²) in [4.78, 5) is 23.7. The molecule has 0 radical (unpaired) electrons. The van der Waals surface area contributed by atoms with E-state index in [4.69, 9.17) is 18.6 Å². The Balaban J connectivity index is 4.73. The van der Waals surface area contributed by atoms with Crippen LogP contribution in [0.25, 0.3) is 0 Å². The first-order chi connectivity index (χ1) is 12.8. The van der Waals surface area contributed by atoms with Crippen molar-refractivity contribution in [2.45, 2.75) is 66.0 Å². The molecule has 0 aliphatic rings. The summed E-state index contributed by atoms with van der Waals surface area (Å²) in [6.07, 6.45) is 0. The van der Waals surface area contributed by atoms with Gasteiger partial charge in [0.05, 0.1) is 13.2 Å². The minimum Gasteiger partial charge on any atom is -0.463 e. The molecule has 0 heterocycles. The predicted molar refractivity (Wildman–Crippen MR) is 117 cm³/mol. The average Bonchev–Trinajstić information content (AvgIpc) is 2.58. The van der Waals surface area contributed by atoms with Crippen LogP contribution in [0.5, 0.6) is 0 Å². The van der Waals surface area contributed by atoms with E-state index in [9.17, 15) is 9.59 Å². The van der Waals surface area contributed by atoms with Crippen LogP contribution in [0.2, 0.25) is 38.3 Å². The summed E-state index contributed by atoms with van der Waals surface area (Å²) in [5, 5.41) is 0. The molecule has 8 heteroatoms. The Morgan fingerprint density at radius 1 is 0.750 bits per heavy atom. The van der Waals surface area contributed by atoms with Crippen molar-refractivity contribution in [2.24, 2.45) is 11.8 Å². The molecule has 28 heavy (non-hydrogen) atoms. The number of carbonyl (C=O) groups excluding carboxylic acids is 2. The monoisotopic (exact) mass is 430 g/mol. The highest BCUT2D eigenvalue weighted by Gasteiger charge is 2.35. The molecular formula is C20H38O6Si2. The third-order valence-corrected chi connectivity index (χ3v) is 8.78. The smallest absolute Gasteiger partial charge is 0.333 e. The van der Waals surface area contributed by atoms with Gasteiger partial charge in [-0.25, -0.2) is 9.59 Å². The molecule has 6 nitrogen and oxygen atoms in total. The first kappa shape index (κ1) is 26.8. The fourth-order valence-corrected chi connectivity index (χ4v) is 8.25. The molecule has 0 aromatic carbocycles. The first-order valence-electron chi connectivity index (χ1n) is 9.85. The Labute approximate surface area is 172 Å². The lowest BCUT2D eigenvalue weighted by atomic mass is 10.1. The molecule has 0 aromatic heterocycles. The van der Waals surface area contributed by atoms with Gasteiger partial charge in [-0.05, 0) is 64.0 Å². The van der Waals surface area contributed by atoms with Crippen molar-refractivity contribution in [3.8, 4) is 0 Å². The Hall–Kier alpha value is -1.23. The van der Waals surface area contributed by atoms with Crippen molar-refractivity contribution in [2.75, 3.05) is 13.2 Å². The fraction of sp³-hybridized carbons (Fsp3) is 0.700. The number of esters is 2. The van der Waals surface area contributed by atoms with E-state index in [-0.39, 0.29) is 23.8 Å². The lowest BCUT2D eigenvalue weighted by molar-refractivity contribution is -0.140. The van der Waals surface area contributed by atoms with E-state index < -0.39 is 16.6 Å². The minimum atomic E-state index is -2.19. The summed E-state index contributed by atoms with van der Waals surface area (Å²) >= 11 is 0. The molecule has 2 atom stereocenters. The van der Waals surface area contributed by atoms with Gasteiger partial charge in [-0.3, -0.25) is 9.15 Å². The van der Waals surface area contributed by atoms with Crippen LogP contribution < -0.4 is 0 Å². The number of hydrogen-bond donors (Lipinski definition) is 0. The van der Waals surface area contributed by atoms with E-state index >= 15 is 0 Å². The quantitative estimate of drug-likeness (QED) is 0.137. The maximum atomic E-state index is 11.9. The summed E-state index contributed by atoms with van der Waals surface area (Å²) in [6, 6.07) is 1.39. The van der Waals surface area contributed by atoms with Crippen molar-refractivity contribution >= 4 is 28.6 Å². The molecule has 0 fully saturated rings. The van der Waals surface area contributed by atoms with E-state index in [2.05, 4.69) is 13.2 Å². The molecule has 0 aliphatic heterocycles. The number of hydrogen-bond acceptors (Lipinski definition) is 6. The summed E-state index contributed by atoms with van der Waals surface area (Å²) in [7, 11) is -4.38. The van der Waals surface area contributed by atoms with Crippen LogP contribution in [-0.4, -0.2) is 41.8 Å². The van der Waals surface area contributed by atoms with Crippen molar-refractivity contribution in [1.82, 2.24) is 0 Å². The van der Waals surface area contributed by atoms with Gasteiger partial charge in [0.25, 0.3) is 0 Å². The summed E-state index contributed by atoms with van der Waals surface area (Å²) in [5.41, 5.74) is 0.920. The van der Waals surface area contributed by atoms with Crippen LogP contribution in [0, 0.1) is 11.8 Å². The molecule has 0 bridgehead atoms. The zero-order chi connectivity index (χ0) is 22.1. The maximum Gasteiger partial charge on any atom is 0.333 e. The summed E-state index contributed by atoms with van der Waals surface area (Å²) in [6.45, 7) is 24.0. The van der Waals surface area contributed by atoms with Crippen molar-refractivity contribution < 1.29 is 28.2 Å². The zero-order valence-corrected chi connectivity index (χ0v) is 20.8. The van der Waals surface area contributed by atoms with Gasteiger partial charge in [0.15, 0.2) is 0 Å². The largest absolute Gasteiger partial charge is 0.463 e.